The van der Waals surface area contributed by atoms with Crippen molar-refractivity contribution in [2.24, 2.45) is 11.7 Å². The largest absolute Gasteiger partial charge is 0.484 e. The smallest absolute Gasteiger partial charge is 0.262 e. The highest BCUT2D eigenvalue weighted by atomic mass is 32.2. The SMILES string of the molecule is CCC(C)NS(=O)(=O)c1cc(NC(=O)COc2ccccc2)ccc1N1CCC(C(N)=O)CC1. The molecule has 184 valence electrons. The molecule has 9 nitrogen and oxygen atoms in total. The zero-order valence-electron chi connectivity index (χ0n) is 19.5. The van der Waals surface area contributed by atoms with Gasteiger partial charge < -0.3 is 20.7 Å². The molecule has 34 heavy (non-hydrogen) atoms. The maximum Gasteiger partial charge on any atom is 0.262 e. The molecule has 1 fully saturated rings. The summed E-state index contributed by atoms with van der Waals surface area (Å²) in [6.07, 6.45) is 1.75. The minimum Gasteiger partial charge on any atom is -0.484 e. The lowest BCUT2D eigenvalue weighted by molar-refractivity contribution is -0.122. The predicted octanol–water partition coefficient (Wildman–Crippen LogP) is 2.48. The molecule has 0 aliphatic carbocycles. The van der Waals surface area contributed by atoms with Gasteiger partial charge in [0.2, 0.25) is 15.9 Å². The van der Waals surface area contributed by atoms with Crippen LogP contribution in [0.25, 0.3) is 0 Å². The summed E-state index contributed by atoms with van der Waals surface area (Å²) in [5.74, 6) is -0.384. The molecule has 0 saturated carbocycles. The molecule has 2 aromatic rings. The summed E-state index contributed by atoms with van der Waals surface area (Å²) in [4.78, 5) is 25.9. The van der Waals surface area contributed by atoms with Crippen molar-refractivity contribution in [1.82, 2.24) is 4.72 Å². The fourth-order valence-corrected chi connectivity index (χ4v) is 5.33. The Bertz CT molecular complexity index is 1100. The van der Waals surface area contributed by atoms with Crippen molar-refractivity contribution in [2.45, 2.75) is 44.0 Å². The molecule has 3 rings (SSSR count). The van der Waals surface area contributed by atoms with Crippen LogP contribution in [0.2, 0.25) is 0 Å². The number of nitrogens with two attached hydrogens (primary N) is 1. The van der Waals surface area contributed by atoms with Crippen molar-refractivity contribution in [3.63, 3.8) is 0 Å². The minimum absolute atomic E-state index is 0.0760. The summed E-state index contributed by atoms with van der Waals surface area (Å²) in [6, 6.07) is 13.5. The van der Waals surface area contributed by atoms with Crippen LogP contribution in [0.4, 0.5) is 11.4 Å². The van der Waals surface area contributed by atoms with Gasteiger partial charge >= 0.3 is 0 Å². The molecule has 1 saturated heterocycles. The van der Waals surface area contributed by atoms with E-state index in [2.05, 4.69) is 10.0 Å². The van der Waals surface area contributed by atoms with E-state index in [0.29, 0.717) is 49.5 Å². The number of piperidine rings is 1. The number of primary amides is 1. The number of carbonyl (C=O) groups excluding carboxylic acids is 2. The lowest BCUT2D eigenvalue weighted by atomic mass is 9.96. The maximum absolute atomic E-state index is 13.2. The van der Waals surface area contributed by atoms with Crippen LogP contribution in [0.3, 0.4) is 0 Å². The van der Waals surface area contributed by atoms with Gasteiger partial charge in [-0.25, -0.2) is 13.1 Å². The summed E-state index contributed by atoms with van der Waals surface area (Å²) in [7, 11) is -3.86. The fourth-order valence-electron chi connectivity index (χ4n) is 3.75. The van der Waals surface area contributed by atoms with Gasteiger partial charge in [-0.3, -0.25) is 9.59 Å². The van der Waals surface area contributed by atoms with Crippen LogP contribution in [0.5, 0.6) is 5.75 Å². The fraction of sp³-hybridized carbons (Fsp3) is 0.417. The van der Waals surface area contributed by atoms with Crippen LogP contribution in [0.1, 0.15) is 33.1 Å². The standard InChI is InChI=1S/C24H32N4O5S/c1-3-17(2)27-34(31,32)22-15-19(26-23(29)16-33-20-7-5-4-6-8-20)9-10-21(22)28-13-11-18(12-14-28)24(25)30/h4-10,15,17-18,27H,3,11-14,16H2,1-2H3,(H2,25,30)(H,26,29). The molecule has 10 heteroatoms. The average Bonchev–Trinajstić information content (AvgIpc) is 2.83. The second-order valence-electron chi connectivity index (χ2n) is 8.43. The van der Waals surface area contributed by atoms with Crippen LogP contribution >= 0.6 is 0 Å². The molecule has 2 amide bonds. The number of sulfonamides is 1. The molecule has 2 aromatic carbocycles. The zero-order valence-corrected chi connectivity index (χ0v) is 20.3. The van der Waals surface area contributed by atoms with Crippen molar-refractivity contribution in [3.05, 3.63) is 48.5 Å². The van der Waals surface area contributed by atoms with Crippen LogP contribution in [0, 0.1) is 5.92 Å². The summed E-state index contributed by atoms with van der Waals surface area (Å²) in [5.41, 5.74) is 6.31. The Balaban J connectivity index is 1.81. The van der Waals surface area contributed by atoms with Crippen molar-refractivity contribution in [2.75, 3.05) is 29.9 Å². The van der Waals surface area contributed by atoms with Crippen molar-refractivity contribution in [3.8, 4) is 5.75 Å². The lowest BCUT2D eigenvalue weighted by Crippen LogP contribution is -2.40. The molecule has 1 heterocycles. The Morgan fingerprint density at radius 3 is 2.44 bits per heavy atom. The molecular formula is C24H32N4O5S. The highest BCUT2D eigenvalue weighted by molar-refractivity contribution is 7.89. The Morgan fingerprint density at radius 2 is 1.82 bits per heavy atom. The summed E-state index contributed by atoms with van der Waals surface area (Å²) in [5, 5.41) is 2.71. The number of amides is 2. The molecular weight excluding hydrogens is 456 g/mol. The van der Waals surface area contributed by atoms with Crippen LogP contribution in [0.15, 0.2) is 53.4 Å². The number of anilines is 2. The van der Waals surface area contributed by atoms with Gasteiger partial charge in [0.05, 0.1) is 5.69 Å². The number of carbonyl (C=O) groups is 2. The Morgan fingerprint density at radius 1 is 1.15 bits per heavy atom. The van der Waals surface area contributed by atoms with Crippen LogP contribution in [-0.2, 0) is 19.6 Å². The molecule has 0 radical (unpaired) electrons. The topological polar surface area (TPSA) is 131 Å². The normalized spacial score (nSPS) is 15.5. The molecule has 1 atom stereocenters. The number of benzene rings is 2. The third-order valence-electron chi connectivity index (χ3n) is 5.85. The molecule has 0 bridgehead atoms. The van der Waals surface area contributed by atoms with Gasteiger partial charge in [-0.05, 0) is 56.5 Å². The van der Waals surface area contributed by atoms with Crippen molar-refractivity contribution < 1.29 is 22.7 Å². The first kappa shape index (κ1) is 25.5. The molecule has 0 aromatic heterocycles. The minimum atomic E-state index is -3.86. The lowest BCUT2D eigenvalue weighted by Gasteiger charge is -2.33. The van der Waals surface area contributed by atoms with Gasteiger partial charge in [-0.1, -0.05) is 25.1 Å². The number of hydrogen-bond donors (Lipinski definition) is 3. The third-order valence-corrected chi connectivity index (χ3v) is 7.47. The van der Waals surface area contributed by atoms with E-state index in [1.54, 1.807) is 43.3 Å². The van der Waals surface area contributed by atoms with Gasteiger partial charge in [0.1, 0.15) is 10.6 Å². The first-order chi connectivity index (χ1) is 16.2. The first-order valence-corrected chi connectivity index (χ1v) is 12.9. The number of hydrogen-bond acceptors (Lipinski definition) is 6. The second-order valence-corrected chi connectivity index (χ2v) is 10.1. The van der Waals surface area contributed by atoms with E-state index in [0.717, 1.165) is 0 Å². The number of nitrogens with one attached hydrogen (secondary N) is 2. The number of nitrogens with zero attached hydrogens (tertiary/aromatic N) is 1. The summed E-state index contributed by atoms with van der Waals surface area (Å²) >= 11 is 0. The van der Waals surface area contributed by atoms with Gasteiger partial charge in [-0.2, -0.15) is 0 Å². The quantitative estimate of drug-likeness (QED) is 0.471. The average molecular weight is 489 g/mol. The highest BCUT2D eigenvalue weighted by Crippen LogP contribution is 2.32. The van der Waals surface area contributed by atoms with Gasteiger partial charge in [0.25, 0.3) is 5.91 Å². The summed E-state index contributed by atoms with van der Waals surface area (Å²) < 4.78 is 34.6. The monoisotopic (exact) mass is 488 g/mol. The molecule has 1 aliphatic heterocycles. The van der Waals surface area contributed by atoms with E-state index in [9.17, 15) is 18.0 Å². The molecule has 4 N–H and O–H groups in total. The third kappa shape index (κ3) is 6.71. The van der Waals surface area contributed by atoms with E-state index in [1.165, 1.54) is 6.07 Å². The first-order valence-electron chi connectivity index (χ1n) is 11.4. The Kier molecular flexibility index (Phi) is 8.51. The van der Waals surface area contributed by atoms with E-state index in [1.807, 2.05) is 17.9 Å². The highest BCUT2D eigenvalue weighted by Gasteiger charge is 2.28. The van der Waals surface area contributed by atoms with Crippen molar-refractivity contribution >= 4 is 33.2 Å². The van der Waals surface area contributed by atoms with E-state index >= 15 is 0 Å². The predicted molar refractivity (Wildman–Crippen MR) is 131 cm³/mol. The molecule has 1 unspecified atom stereocenters. The van der Waals surface area contributed by atoms with Gasteiger partial charge in [-0.15, -0.1) is 0 Å². The molecule has 1 aliphatic rings. The Labute approximate surface area is 200 Å². The number of ether oxygens (including phenoxy) is 1. The van der Waals surface area contributed by atoms with Crippen LogP contribution < -0.4 is 25.4 Å². The molecule has 0 spiro atoms. The number of para-hydroxylation sites is 1. The van der Waals surface area contributed by atoms with E-state index in [4.69, 9.17) is 10.5 Å². The maximum atomic E-state index is 13.2. The van der Waals surface area contributed by atoms with Gasteiger partial charge in [0.15, 0.2) is 6.61 Å². The number of rotatable bonds is 10. The van der Waals surface area contributed by atoms with Gasteiger partial charge in [0, 0.05) is 30.7 Å². The van der Waals surface area contributed by atoms with E-state index < -0.39 is 15.9 Å². The second kappa shape index (κ2) is 11.3. The summed E-state index contributed by atoms with van der Waals surface area (Å²) in [6.45, 7) is 4.50. The Hall–Kier alpha value is -3.11. The van der Waals surface area contributed by atoms with Crippen molar-refractivity contribution in [1.29, 1.82) is 0 Å². The zero-order chi connectivity index (χ0) is 24.7. The van der Waals surface area contributed by atoms with E-state index in [-0.39, 0.29) is 29.4 Å². The van der Waals surface area contributed by atoms with Crippen LogP contribution in [-0.4, -0.2) is 46.0 Å².